The second kappa shape index (κ2) is 6.34. The van der Waals surface area contributed by atoms with Crippen LogP contribution in [0.3, 0.4) is 0 Å². The molecule has 0 bridgehead atoms. The minimum Gasteiger partial charge on any atom is -0.465 e. The lowest BCUT2D eigenvalue weighted by molar-refractivity contribution is 0.0602. The molecule has 0 amide bonds. The molecule has 22 heavy (non-hydrogen) atoms. The first-order chi connectivity index (χ1) is 10.7. The van der Waals surface area contributed by atoms with Crippen LogP contribution < -0.4 is 4.90 Å². The SMILES string of the molecule is COC(=O)c1cnc(N(C)C2CCCCC2)c2ccccc12. The fourth-order valence-electron chi connectivity index (χ4n) is 3.37. The van der Waals surface area contributed by atoms with E-state index in [1.54, 1.807) is 6.20 Å². The van der Waals surface area contributed by atoms with Crippen molar-refractivity contribution in [3.05, 3.63) is 36.0 Å². The Kier molecular flexibility index (Phi) is 4.27. The molecule has 0 N–H and O–H groups in total. The highest BCUT2D eigenvalue weighted by Gasteiger charge is 2.22. The maximum absolute atomic E-state index is 11.9. The number of aromatic nitrogens is 1. The molecule has 1 heterocycles. The molecular formula is C18H22N2O2. The van der Waals surface area contributed by atoms with E-state index >= 15 is 0 Å². The van der Waals surface area contributed by atoms with Crippen LogP contribution in [-0.2, 0) is 4.74 Å². The standard InChI is InChI=1S/C18H22N2O2/c1-20(13-8-4-3-5-9-13)17-15-11-7-6-10-14(15)16(12-19-17)18(21)22-2/h6-7,10-13H,3-5,8-9H2,1-2H3. The first-order valence-corrected chi connectivity index (χ1v) is 7.91. The lowest BCUT2D eigenvalue weighted by atomic mass is 9.94. The largest absolute Gasteiger partial charge is 0.465 e. The van der Waals surface area contributed by atoms with E-state index in [4.69, 9.17) is 4.74 Å². The number of hydrogen-bond donors (Lipinski definition) is 0. The Morgan fingerprint density at radius 2 is 1.86 bits per heavy atom. The highest BCUT2D eigenvalue weighted by molar-refractivity contribution is 6.07. The van der Waals surface area contributed by atoms with Gasteiger partial charge in [-0.3, -0.25) is 0 Å². The van der Waals surface area contributed by atoms with E-state index in [0.29, 0.717) is 11.6 Å². The van der Waals surface area contributed by atoms with Crippen molar-refractivity contribution in [3.8, 4) is 0 Å². The second-order valence-electron chi connectivity index (χ2n) is 5.94. The van der Waals surface area contributed by atoms with Crippen molar-refractivity contribution in [2.75, 3.05) is 19.1 Å². The van der Waals surface area contributed by atoms with Crippen LogP contribution in [0.4, 0.5) is 5.82 Å². The van der Waals surface area contributed by atoms with Crippen molar-refractivity contribution in [3.63, 3.8) is 0 Å². The average molecular weight is 298 g/mol. The van der Waals surface area contributed by atoms with Crippen LogP contribution in [0.15, 0.2) is 30.5 Å². The maximum atomic E-state index is 11.9. The molecule has 0 spiro atoms. The van der Waals surface area contributed by atoms with Crippen molar-refractivity contribution in [1.29, 1.82) is 0 Å². The number of esters is 1. The summed E-state index contributed by atoms with van der Waals surface area (Å²) in [7, 11) is 3.52. The van der Waals surface area contributed by atoms with Gasteiger partial charge in [-0.25, -0.2) is 9.78 Å². The van der Waals surface area contributed by atoms with Crippen LogP contribution in [-0.4, -0.2) is 31.2 Å². The van der Waals surface area contributed by atoms with Crippen molar-refractivity contribution in [2.24, 2.45) is 0 Å². The van der Waals surface area contributed by atoms with Crippen LogP contribution >= 0.6 is 0 Å². The van der Waals surface area contributed by atoms with Gasteiger partial charge in [0.05, 0.1) is 12.7 Å². The topological polar surface area (TPSA) is 42.4 Å². The molecule has 1 saturated carbocycles. The number of ether oxygens (including phenoxy) is 1. The fraction of sp³-hybridized carbons (Fsp3) is 0.444. The number of nitrogens with zero attached hydrogens (tertiary/aromatic N) is 2. The summed E-state index contributed by atoms with van der Waals surface area (Å²) >= 11 is 0. The Morgan fingerprint density at radius 3 is 2.55 bits per heavy atom. The number of benzene rings is 1. The molecule has 0 saturated heterocycles. The van der Waals surface area contributed by atoms with Gasteiger partial charge in [-0.15, -0.1) is 0 Å². The minimum absolute atomic E-state index is 0.337. The van der Waals surface area contributed by atoms with E-state index in [-0.39, 0.29) is 5.97 Å². The summed E-state index contributed by atoms with van der Waals surface area (Å²) in [4.78, 5) is 18.8. The second-order valence-corrected chi connectivity index (χ2v) is 5.94. The molecule has 0 aliphatic heterocycles. The van der Waals surface area contributed by atoms with Gasteiger partial charge < -0.3 is 9.64 Å². The fourth-order valence-corrected chi connectivity index (χ4v) is 3.37. The third-order valence-electron chi connectivity index (χ3n) is 4.64. The van der Waals surface area contributed by atoms with Gasteiger partial charge in [0.25, 0.3) is 0 Å². The number of carbonyl (C=O) groups is 1. The van der Waals surface area contributed by atoms with Gasteiger partial charge in [0.1, 0.15) is 5.82 Å². The van der Waals surface area contributed by atoms with E-state index < -0.39 is 0 Å². The average Bonchev–Trinajstić information content (AvgIpc) is 2.60. The van der Waals surface area contributed by atoms with Gasteiger partial charge in [-0.2, -0.15) is 0 Å². The van der Waals surface area contributed by atoms with Gasteiger partial charge in [0.15, 0.2) is 0 Å². The van der Waals surface area contributed by atoms with Crippen molar-refractivity contribution in [2.45, 2.75) is 38.1 Å². The third kappa shape index (κ3) is 2.65. The van der Waals surface area contributed by atoms with Crippen molar-refractivity contribution < 1.29 is 9.53 Å². The summed E-state index contributed by atoms with van der Waals surface area (Å²) in [5, 5.41) is 1.92. The lowest BCUT2D eigenvalue weighted by Gasteiger charge is -2.32. The minimum atomic E-state index is -0.337. The monoisotopic (exact) mass is 298 g/mol. The quantitative estimate of drug-likeness (QED) is 0.809. The number of hydrogen-bond acceptors (Lipinski definition) is 4. The molecule has 0 atom stereocenters. The van der Waals surface area contributed by atoms with E-state index in [0.717, 1.165) is 16.6 Å². The first kappa shape index (κ1) is 14.8. The molecule has 1 aliphatic carbocycles. The Bertz CT molecular complexity index is 678. The Morgan fingerprint density at radius 1 is 1.18 bits per heavy atom. The van der Waals surface area contributed by atoms with Gasteiger partial charge in [-0.05, 0) is 12.8 Å². The molecular weight excluding hydrogens is 276 g/mol. The van der Waals surface area contributed by atoms with E-state index in [2.05, 4.69) is 16.9 Å². The Hall–Kier alpha value is -2.10. The van der Waals surface area contributed by atoms with E-state index in [1.165, 1.54) is 39.2 Å². The predicted octanol–water partition coefficient (Wildman–Crippen LogP) is 3.79. The number of anilines is 1. The summed E-state index contributed by atoms with van der Waals surface area (Å²) in [6.07, 6.45) is 7.97. The zero-order valence-corrected chi connectivity index (χ0v) is 13.2. The first-order valence-electron chi connectivity index (χ1n) is 7.91. The van der Waals surface area contributed by atoms with Crippen molar-refractivity contribution >= 4 is 22.6 Å². The summed E-state index contributed by atoms with van der Waals surface area (Å²) in [5.74, 6) is 0.616. The third-order valence-corrected chi connectivity index (χ3v) is 4.64. The van der Waals surface area contributed by atoms with Gasteiger partial charge in [0.2, 0.25) is 0 Å². The zero-order valence-electron chi connectivity index (χ0n) is 13.2. The molecule has 2 aromatic rings. The molecule has 1 fully saturated rings. The zero-order chi connectivity index (χ0) is 15.5. The summed E-state index contributed by atoms with van der Waals surface area (Å²) in [6.45, 7) is 0. The molecule has 3 rings (SSSR count). The molecule has 0 unspecified atom stereocenters. The highest BCUT2D eigenvalue weighted by atomic mass is 16.5. The number of rotatable bonds is 3. The number of fused-ring (bicyclic) bond motifs is 1. The van der Waals surface area contributed by atoms with Gasteiger partial charge in [-0.1, -0.05) is 43.5 Å². The maximum Gasteiger partial charge on any atom is 0.340 e. The normalized spacial score (nSPS) is 15.7. The number of methoxy groups -OCH3 is 1. The number of carbonyl (C=O) groups excluding carboxylic acids is 1. The van der Waals surface area contributed by atoms with E-state index in [1.807, 2.05) is 24.3 Å². The summed E-state index contributed by atoms with van der Waals surface area (Å²) < 4.78 is 4.87. The van der Waals surface area contributed by atoms with Crippen LogP contribution in [0.25, 0.3) is 10.8 Å². The predicted molar refractivity (Wildman–Crippen MR) is 88.4 cm³/mol. The smallest absolute Gasteiger partial charge is 0.340 e. The van der Waals surface area contributed by atoms with E-state index in [9.17, 15) is 4.79 Å². The van der Waals surface area contributed by atoms with Crippen LogP contribution in [0.1, 0.15) is 42.5 Å². The molecule has 4 heteroatoms. The van der Waals surface area contributed by atoms with Gasteiger partial charge >= 0.3 is 5.97 Å². The summed E-state index contributed by atoms with van der Waals surface area (Å²) in [6, 6.07) is 8.46. The molecule has 1 aliphatic rings. The summed E-state index contributed by atoms with van der Waals surface area (Å²) in [5.41, 5.74) is 0.527. The highest BCUT2D eigenvalue weighted by Crippen LogP contribution is 2.31. The molecule has 0 radical (unpaired) electrons. The van der Waals surface area contributed by atoms with Crippen molar-refractivity contribution in [1.82, 2.24) is 4.98 Å². The molecule has 1 aromatic heterocycles. The Balaban J connectivity index is 2.05. The Labute approximate surface area is 131 Å². The van der Waals surface area contributed by atoms with Crippen LogP contribution in [0.5, 0.6) is 0 Å². The van der Waals surface area contributed by atoms with Gasteiger partial charge in [0, 0.05) is 30.1 Å². The lowest BCUT2D eigenvalue weighted by Crippen LogP contribution is -2.34. The molecule has 116 valence electrons. The van der Waals surface area contributed by atoms with Crippen LogP contribution in [0.2, 0.25) is 0 Å². The van der Waals surface area contributed by atoms with Crippen LogP contribution in [0, 0.1) is 0 Å². The number of pyridine rings is 1. The molecule has 4 nitrogen and oxygen atoms in total. The molecule has 1 aromatic carbocycles.